The maximum atomic E-state index is 10.8. The highest BCUT2D eigenvalue weighted by atomic mass is 16.5. The van der Waals surface area contributed by atoms with Gasteiger partial charge in [-0.3, -0.25) is 4.79 Å². The van der Waals surface area contributed by atoms with Gasteiger partial charge in [0.2, 0.25) is 5.91 Å². The van der Waals surface area contributed by atoms with E-state index >= 15 is 0 Å². The van der Waals surface area contributed by atoms with Gasteiger partial charge in [0.05, 0.1) is 5.69 Å². The Morgan fingerprint density at radius 2 is 1.70 bits per heavy atom. The van der Waals surface area contributed by atoms with Gasteiger partial charge in [0, 0.05) is 20.0 Å². The minimum absolute atomic E-state index is 0.0272. The van der Waals surface area contributed by atoms with Crippen molar-refractivity contribution in [1.82, 2.24) is 5.32 Å². The zero-order valence-electron chi connectivity index (χ0n) is 11.4. The maximum absolute atomic E-state index is 10.8. The number of anilines is 1. The lowest BCUT2D eigenvalue weighted by Gasteiger charge is -2.13. The zero-order valence-corrected chi connectivity index (χ0v) is 11.4. The van der Waals surface area contributed by atoms with Crippen molar-refractivity contribution < 1.29 is 9.53 Å². The van der Waals surface area contributed by atoms with Crippen LogP contribution in [-0.2, 0) is 4.79 Å². The fraction of sp³-hybridized carbons (Fsp3) is 0.188. The van der Waals surface area contributed by atoms with Crippen LogP contribution in [0.4, 0.5) is 5.69 Å². The lowest BCUT2D eigenvalue weighted by Crippen LogP contribution is -2.26. The molecule has 1 amide bonds. The molecule has 2 aromatic rings. The molecule has 0 heterocycles. The van der Waals surface area contributed by atoms with Gasteiger partial charge < -0.3 is 15.4 Å². The van der Waals surface area contributed by atoms with Gasteiger partial charge in [-0.2, -0.15) is 0 Å². The number of ether oxygens (including phenoxy) is 1. The summed E-state index contributed by atoms with van der Waals surface area (Å²) in [5, 5.41) is 5.99. The van der Waals surface area contributed by atoms with Gasteiger partial charge in [0.15, 0.2) is 5.75 Å². The summed E-state index contributed by atoms with van der Waals surface area (Å²) in [7, 11) is 0. The first-order valence-corrected chi connectivity index (χ1v) is 6.56. The highest BCUT2D eigenvalue weighted by molar-refractivity contribution is 5.72. The normalized spacial score (nSPS) is 9.85. The maximum Gasteiger partial charge on any atom is 0.216 e. The molecule has 0 aliphatic heterocycles. The second-order valence-corrected chi connectivity index (χ2v) is 4.32. The van der Waals surface area contributed by atoms with Gasteiger partial charge in [0.1, 0.15) is 5.75 Å². The SMILES string of the molecule is CC(=O)NCCNc1ccccc1Oc1ccccc1. The summed E-state index contributed by atoms with van der Waals surface area (Å²) in [5.74, 6) is 1.53. The molecule has 0 aliphatic carbocycles. The molecule has 4 nitrogen and oxygen atoms in total. The number of benzene rings is 2. The van der Waals surface area contributed by atoms with Crippen molar-refractivity contribution in [1.29, 1.82) is 0 Å². The molecule has 0 bridgehead atoms. The van der Waals surface area contributed by atoms with Gasteiger partial charge in [-0.15, -0.1) is 0 Å². The molecule has 4 heteroatoms. The number of hydrogen-bond donors (Lipinski definition) is 2. The Balaban J connectivity index is 1.97. The molecule has 2 rings (SSSR count). The standard InChI is InChI=1S/C16H18N2O2/c1-13(19)17-11-12-18-15-9-5-6-10-16(15)20-14-7-3-2-4-8-14/h2-10,18H,11-12H2,1H3,(H,17,19). The Morgan fingerprint density at radius 1 is 1.00 bits per heavy atom. The third kappa shape index (κ3) is 4.31. The molecule has 0 saturated carbocycles. The third-order valence-corrected chi connectivity index (χ3v) is 2.67. The van der Waals surface area contributed by atoms with Crippen LogP contribution in [0.5, 0.6) is 11.5 Å². The quantitative estimate of drug-likeness (QED) is 0.793. The number of hydrogen-bond acceptors (Lipinski definition) is 3. The average molecular weight is 270 g/mol. The molecule has 0 atom stereocenters. The van der Waals surface area contributed by atoms with Crippen molar-refractivity contribution in [2.24, 2.45) is 0 Å². The molecule has 2 aromatic carbocycles. The summed E-state index contributed by atoms with van der Waals surface area (Å²) >= 11 is 0. The van der Waals surface area contributed by atoms with Gasteiger partial charge in [-0.25, -0.2) is 0 Å². The largest absolute Gasteiger partial charge is 0.455 e. The van der Waals surface area contributed by atoms with E-state index < -0.39 is 0 Å². The molecule has 2 N–H and O–H groups in total. The first kappa shape index (κ1) is 13.9. The van der Waals surface area contributed by atoms with Crippen LogP contribution in [0, 0.1) is 0 Å². The van der Waals surface area contributed by atoms with Crippen LogP contribution in [-0.4, -0.2) is 19.0 Å². The van der Waals surface area contributed by atoms with Crippen molar-refractivity contribution in [3.05, 3.63) is 54.6 Å². The first-order valence-electron chi connectivity index (χ1n) is 6.56. The fourth-order valence-electron chi connectivity index (χ4n) is 1.75. The van der Waals surface area contributed by atoms with E-state index in [0.29, 0.717) is 13.1 Å². The molecule has 0 fully saturated rings. The summed E-state index contributed by atoms with van der Waals surface area (Å²) in [6.45, 7) is 2.73. The molecule has 0 spiro atoms. The minimum atomic E-state index is -0.0272. The number of para-hydroxylation sites is 3. The molecule has 0 aromatic heterocycles. The van der Waals surface area contributed by atoms with Crippen molar-refractivity contribution in [3.8, 4) is 11.5 Å². The molecule has 0 unspecified atom stereocenters. The minimum Gasteiger partial charge on any atom is -0.455 e. The van der Waals surface area contributed by atoms with Crippen LogP contribution >= 0.6 is 0 Å². The Hall–Kier alpha value is -2.49. The van der Waals surface area contributed by atoms with E-state index in [2.05, 4.69) is 10.6 Å². The lowest BCUT2D eigenvalue weighted by molar-refractivity contribution is -0.118. The Bertz CT molecular complexity index is 555. The van der Waals surface area contributed by atoms with E-state index in [1.807, 2.05) is 54.6 Å². The monoisotopic (exact) mass is 270 g/mol. The molecule has 0 aliphatic rings. The van der Waals surface area contributed by atoms with Crippen LogP contribution in [0.15, 0.2) is 54.6 Å². The highest BCUT2D eigenvalue weighted by Gasteiger charge is 2.03. The van der Waals surface area contributed by atoms with Crippen molar-refractivity contribution in [3.63, 3.8) is 0 Å². The highest BCUT2D eigenvalue weighted by Crippen LogP contribution is 2.28. The van der Waals surface area contributed by atoms with Crippen LogP contribution in [0.2, 0.25) is 0 Å². The second kappa shape index (κ2) is 7.19. The Morgan fingerprint density at radius 3 is 2.45 bits per heavy atom. The van der Waals surface area contributed by atoms with Crippen molar-refractivity contribution >= 4 is 11.6 Å². The number of carbonyl (C=O) groups is 1. The summed E-state index contributed by atoms with van der Waals surface area (Å²) in [5.41, 5.74) is 0.904. The predicted octanol–water partition coefficient (Wildman–Crippen LogP) is 3.03. The van der Waals surface area contributed by atoms with E-state index in [4.69, 9.17) is 4.74 Å². The molecule has 0 saturated heterocycles. The van der Waals surface area contributed by atoms with Gasteiger partial charge >= 0.3 is 0 Å². The van der Waals surface area contributed by atoms with Gasteiger partial charge in [-0.1, -0.05) is 30.3 Å². The van der Waals surface area contributed by atoms with E-state index in [0.717, 1.165) is 17.2 Å². The third-order valence-electron chi connectivity index (χ3n) is 2.67. The van der Waals surface area contributed by atoms with Crippen LogP contribution in [0.3, 0.4) is 0 Å². The zero-order chi connectivity index (χ0) is 14.2. The number of amides is 1. The molecular formula is C16H18N2O2. The van der Waals surface area contributed by atoms with Crippen molar-refractivity contribution in [2.45, 2.75) is 6.92 Å². The number of nitrogens with one attached hydrogen (secondary N) is 2. The van der Waals surface area contributed by atoms with E-state index in [-0.39, 0.29) is 5.91 Å². The van der Waals surface area contributed by atoms with E-state index in [1.54, 1.807) is 0 Å². The summed E-state index contributed by atoms with van der Waals surface area (Å²) < 4.78 is 5.84. The summed E-state index contributed by atoms with van der Waals surface area (Å²) in [6, 6.07) is 17.4. The predicted molar refractivity (Wildman–Crippen MR) is 80.1 cm³/mol. The van der Waals surface area contributed by atoms with Crippen LogP contribution in [0.25, 0.3) is 0 Å². The van der Waals surface area contributed by atoms with Gasteiger partial charge in [0.25, 0.3) is 0 Å². The van der Waals surface area contributed by atoms with Gasteiger partial charge in [-0.05, 0) is 24.3 Å². The second-order valence-electron chi connectivity index (χ2n) is 4.32. The van der Waals surface area contributed by atoms with E-state index in [9.17, 15) is 4.79 Å². The Kier molecular flexibility index (Phi) is 5.00. The smallest absolute Gasteiger partial charge is 0.216 e. The molecule has 20 heavy (non-hydrogen) atoms. The topological polar surface area (TPSA) is 50.4 Å². The lowest BCUT2D eigenvalue weighted by atomic mass is 10.3. The average Bonchev–Trinajstić information content (AvgIpc) is 2.46. The fourth-order valence-corrected chi connectivity index (χ4v) is 1.75. The first-order chi connectivity index (χ1) is 9.75. The van der Waals surface area contributed by atoms with Crippen molar-refractivity contribution in [2.75, 3.05) is 18.4 Å². The Labute approximate surface area is 118 Å². The number of rotatable bonds is 6. The van der Waals surface area contributed by atoms with Crippen LogP contribution in [0.1, 0.15) is 6.92 Å². The summed E-state index contributed by atoms with van der Waals surface area (Å²) in [4.78, 5) is 10.8. The number of carbonyl (C=O) groups excluding carboxylic acids is 1. The van der Waals surface area contributed by atoms with Crippen LogP contribution < -0.4 is 15.4 Å². The molecular weight excluding hydrogens is 252 g/mol. The molecule has 104 valence electrons. The van der Waals surface area contributed by atoms with E-state index in [1.165, 1.54) is 6.92 Å². The molecule has 0 radical (unpaired) electrons. The summed E-state index contributed by atoms with van der Waals surface area (Å²) in [6.07, 6.45) is 0.